The molecule has 2 unspecified atom stereocenters. The van der Waals surface area contributed by atoms with Crippen molar-refractivity contribution in [2.24, 2.45) is 11.8 Å². The molecule has 18 heavy (non-hydrogen) atoms. The van der Waals surface area contributed by atoms with Crippen molar-refractivity contribution < 1.29 is 9.90 Å². The highest BCUT2D eigenvalue weighted by Crippen LogP contribution is 2.28. The third-order valence-corrected chi connectivity index (χ3v) is 3.52. The fraction of sp³-hybridized carbons (Fsp3) is 0.571. The van der Waals surface area contributed by atoms with Gasteiger partial charge in [0.1, 0.15) is 5.75 Å². The summed E-state index contributed by atoms with van der Waals surface area (Å²) >= 11 is 0. The fourth-order valence-electron chi connectivity index (χ4n) is 2.89. The monoisotopic (exact) mass is 248 g/mol. The molecule has 0 saturated heterocycles. The van der Waals surface area contributed by atoms with Crippen molar-refractivity contribution in [2.45, 2.75) is 39.2 Å². The molecule has 0 aliphatic heterocycles. The first-order chi connectivity index (χ1) is 8.56. The third-order valence-electron chi connectivity index (χ3n) is 3.52. The molecule has 2 atom stereocenters. The van der Waals surface area contributed by atoms with Gasteiger partial charge in [-0.15, -0.1) is 0 Å². The lowest BCUT2D eigenvalue weighted by molar-refractivity contribution is 0.0903. The second kappa shape index (κ2) is 5.38. The Bertz CT molecular complexity index is 424. The Kier molecular flexibility index (Phi) is 3.84. The third kappa shape index (κ3) is 3.00. The lowest BCUT2D eigenvalue weighted by Gasteiger charge is -2.31. The van der Waals surface area contributed by atoms with Crippen LogP contribution in [0.25, 0.3) is 0 Å². The van der Waals surface area contributed by atoms with Gasteiger partial charge in [0.25, 0.3) is 5.91 Å². The molecule has 1 heterocycles. The maximum absolute atomic E-state index is 12.0. The Morgan fingerprint density at radius 2 is 2.00 bits per heavy atom. The molecule has 1 aliphatic rings. The van der Waals surface area contributed by atoms with Gasteiger partial charge in [-0.2, -0.15) is 0 Å². The summed E-state index contributed by atoms with van der Waals surface area (Å²) in [4.78, 5) is 15.9. The largest absolute Gasteiger partial charge is 0.505 e. The normalized spacial score (nSPS) is 27.8. The van der Waals surface area contributed by atoms with E-state index in [9.17, 15) is 9.90 Å². The maximum Gasteiger partial charge on any atom is 0.273 e. The van der Waals surface area contributed by atoms with Gasteiger partial charge in [0.15, 0.2) is 5.69 Å². The van der Waals surface area contributed by atoms with Crippen LogP contribution in [-0.4, -0.2) is 22.0 Å². The summed E-state index contributed by atoms with van der Waals surface area (Å²) in [6.07, 6.45) is 4.75. The number of hydrogen-bond donors (Lipinski definition) is 2. The predicted octanol–water partition coefficient (Wildman–Crippen LogP) is 2.34. The van der Waals surface area contributed by atoms with Crippen LogP contribution >= 0.6 is 0 Å². The lowest BCUT2D eigenvalue weighted by atomic mass is 9.80. The van der Waals surface area contributed by atoms with Gasteiger partial charge in [-0.05, 0) is 43.2 Å². The Labute approximate surface area is 107 Å². The highest BCUT2D eigenvalue weighted by molar-refractivity contribution is 5.94. The van der Waals surface area contributed by atoms with Crippen molar-refractivity contribution >= 4 is 5.91 Å². The van der Waals surface area contributed by atoms with Crippen LogP contribution in [0.4, 0.5) is 0 Å². The van der Waals surface area contributed by atoms with Crippen LogP contribution in [0.5, 0.6) is 5.75 Å². The molecule has 1 saturated carbocycles. The molecule has 1 aliphatic carbocycles. The van der Waals surface area contributed by atoms with E-state index in [1.54, 1.807) is 6.07 Å². The molecule has 1 aromatic heterocycles. The van der Waals surface area contributed by atoms with Crippen molar-refractivity contribution in [1.29, 1.82) is 0 Å². The van der Waals surface area contributed by atoms with Crippen molar-refractivity contribution in [2.75, 3.05) is 0 Å². The summed E-state index contributed by atoms with van der Waals surface area (Å²) in [5.41, 5.74) is 0.114. The number of carbonyl (C=O) groups excluding carboxylic acids is 1. The van der Waals surface area contributed by atoms with Crippen molar-refractivity contribution in [3.05, 3.63) is 24.0 Å². The van der Waals surface area contributed by atoms with Crippen molar-refractivity contribution in [3.8, 4) is 5.75 Å². The van der Waals surface area contributed by atoms with Crippen molar-refractivity contribution in [3.63, 3.8) is 0 Å². The van der Waals surface area contributed by atoms with Crippen LogP contribution in [0.2, 0.25) is 0 Å². The summed E-state index contributed by atoms with van der Waals surface area (Å²) in [7, 11) is 0. The van der Waals surface area contributed by atoms with Gasteiger partial charge in [0.05, 0.1) is 0 Å². The van der Waals surface area contributed by atoms with Crippen LogP contribution in [0, 0.1) is 11.8 Å². The predicted molar refractivity (Wildman–Crippen MR) is 69.3 cm³/mol. The molecule has 2 N–H and O–H groups in total. The van der Waals surface area contributed by atoms with E-state index in [1.165, 1.54) is 18.7 Å². The van der Waals surface area contributed by atoms with Crippen LogP contribution in [-0.2, 0) is 0 Å². The number of aromatic nitrogens is 1. The second-order valence-corrected chi connectivity index (χ2v) is 5.46. The fourth-order valence-corrected chi connectivity index (χ4v) is 2.89. The maximum atomic E-state index is 12.0. The Morgan fingerprint density at radius 3 is 2.61 bits per heavy atom. The van der Waals surface area contributed by atoms with E-state index >= 15 is 0 Å². The Hall–Kier alpha value is -1.58. The van der Waals surface area contributed by atoms with Crippen LogP contribution in [0.15, 0.2) is 18.3 Å². The summed E-state index contributed by atoms with van der Waals surface area (Å²) in [5, 5.41) is 12.6. The van der Waals surface area contributed by atoms with Crippen LogP contribution in [0.1, 0.15) is 43.6 Å². The zero-order chi connectivity index (χ0) is 13.1. The zero-order valence-corrected chi connectivity index (χ0v) is 10.9. The number of rotatable bonds is 2. The van der Waals surface area contributed by atoms with Gasteiger partial charge < -0.3 is 10.4 Å². The summed E-state index contributed by atoms with van der Waals surface area (Å²) < 4.78 is 0. The van der Waals surface area contributed by atoms with Crippen LogP contribution < -0.4 is 5.32 Å². The number of aromatic hydroxyl groups is 1. The smallest absolute Gasteiger partial charge is 0.273 e. The first-order valence-electron chi connectivity index (χ1n) is 6.51. The van der Waals surface area contributed by atoms with Gasteiger partial charge in [-0.25, -0.2) is 4.98 Å². The number of carbonyl (C=O) groups is 1. The molecule has 1 fully saturated rings. The molecule has 1 amide bonds. The highest BCUT2D eigenvalue weighted by atomic mass is 16.3. The summed E-state index contributed by atoms with van der Waals surface area (Å²) in [5.74, 6) is 0.930. The molecular formula is C14H20N2O2. The number of amides is 1. The molecule has 0 radical (unpaired) electrons. The van der Waals surface area contributed by atoms with E-state index in [0.29, 0.717) is 11.8 Å². The Morgan fingerprint density at radius 1 is 1.33 bits per heavy atom. The van der Waals surface area contributed by atoms with E-state index in [0.717, 1.165) is 12.8 Å². The molecule has 0 spiro atoms. The van der Waals surface area contributed by atoms with Gasteiger partial charge in [0, 0.05) is 12.2 Å². The molecule has 98 valence electrons. The highest BCUT2D eigenvalue weighted by Gasteiger charge is 2.26. The first-order valence-corrected chi connectivity index (χ1v) is 6.51. The van der Waals surface area contributed by atoms with E-state index in [1.807, 2.05) is 0 Å². The van der Waals surface area contributed by atoms with E-state index in [4.69, 9.17) is 0 Å². The average molecular weight is 248 g/mol. The van der Waals surface area contributed by atoms with Gasteiger partial charge >= 0.3 is 0 Å². The number of nitrogens with one attached hydrogen (secondary N) is 1. The molecule has 4 nitrogen and oxygen atoms in total. The van der Waals surface area contributed by atoms with E-state index < -0.39 is 0 Å². The SMILES string of the molecule is CC1CC(C)CC(NC(=O)c2ncccc2O)C1. The van der Waals surface area contributed by atoms with Crippen LogP contribution in [0.3, 0.4) is 0 Å². The van der Waals surface area contributed by atoms with Gasteiger partial charge in [-0.1, -0.05) is 13.8 Å². The molecule has 1 aromatic rings. The van der Waals surface area contributed by atoms with Gasteiger partial charge in [0.2, 0.25) is 0 Å². The quantitative estimate of drug-likeness (QED) is 0.844. The number of hydrogen-bond acceptors (Lipinski definition) is 3. The first kappa shape index (κ1) is 12.9. The average Bonchev–Trinajstić information content (AvgIpc) is 2.27. The Balaban J connectivity index is 2.01. The molecule has 4 heteroatoms. The standard InChI is InChI=1S/C14H20N2O2/c1-9-6-10(2)8-11(7-9)16-14(18)13-12(17)4-3-5-15-13/h3-5,9-11,17H,6-8H2,1-2H3,(H,16,18). The molecule has 2 rings (SSSR count). The van der Waals surface area contributed by atoms with E-state index in [-0.39, 0.29) is 23.4 Å². The van der Waals surface area contributed by atoms with E-state index in [2.05, 4.69) is 24.1 Å². The second-order valence-electron chi connectivity index (χ2n) is 5.46. The minimum Gasteiger partial charge on any atom is -0.505 e. The zero-order valence-electron chi connectivity index (χ0n) is 10.9. The number of pyridine rings is 1. The van der Waals surface area contributed by atoms with Crippen molar-refractivity contribution in [1.82, 2.24) is 10.3 Å². The molecule has 0 bridgehead atoms. The minimum atomic E-state index is -0.278. The van der Waals surface area contributed by atoms with Gasteiger partial charge in [-0.3, -0.25) is 4.79 Å². The lowest BCUT2D eigenvalue weighted by Crippen LogP contribution is -2.40. The minimum absolute atomic E-state index is 0.0630. The number of nitrogens with zero attached hydrogens (tertiary/aromatic N) is 1. The molecular weight excluding hydrogens is 228 g/mol. The molecule has 0 aromatic carbocycles. The summed E-state index contributed by atoms with van der Waals surface area (Å²) in [6, 6.07) is 3.28. The topological polar surface area (TPSA) is 62.2 Å². The summed E-state index contributed by atoms with van der Waals surface area (Å²) in [6.45, 7) is 4.43.